The molecule has 7 rings (SSSR count). The van der Waals surface area contributed by atoms with Gasteiger partial charge < -0.3 is 4.57 Å². The standard InChI is InChI=1S/C38H26N2/c1-3-11-37-29(4-2)35-16-9-10-17-38(35)40(37)28-21-25(24-39)20-27(22-28)26-18-19-34-32-14-6-5-12-30(32)31-13-7-8-15-33(31)36(34)23-26/h3-23H,2H2,1H3/b11-3-. The van der Waals surface area contributed by atoms with Crippen molar-refractivity contribution in [2.75, 3.05) is 0 Å². The van der Waals surface area contributed by atoms with Crippen LogP contribution in [-0.2, 0) is 0 Å². The molecule has 0 atom stereocenters. The van der Waals surface area contributed by atoms with Crippen molar-refractivity contribution < 1.29 is 0 Å². The fourth-order valence-electron chi connectivity index (χ4n) is 6.16. The Morgan fingerprint density at radius 2 is 1.25 bits per heavy atom. The second kappa shape index (κ2) is 9.42. The Labute approximate surface area is 233 Å². The van der Waals surface area contributed by atoms with Gasteiger partial charge in [-0.15, -0.1) is 0 Å². The van der Waals surface area contributed by atoms with Gasteiger partial charge in [-0.3, -0.25) is 0 Å². The van der Waals surface area contributed by atoms with Crippen LogP contribution in [0.25, 0.3) is 72.2 Å². The molecule has 188 valence electrons. The highest BCUT2D eigenvalue weighted by Crippen LogP contribution is 2.38. The molecule has 0 saturated heterocycles. The third-order valence-corrected chi connectivity index (χ3v) is 7.86. The van der Waals surface area contributed by atoms with Gasteiger partial charge in [0.2, 0.25) is 0 Å². The number of rotatable bonds is 4. The van der Waals surface area contributed by atoms with E-state index in [4.69, 9.17) is 0 Å². The molecule has 1 heterocycles. The van der Waals surface area contributed by atoms with Crippen LogP contribution < -0.4 is 0 Å². The van der Waals surface area contributed by atoms with Gasteiger partial charge in [0, 0.05) is 16.6 Å². The average molecular weight is 511 g/mol. The van der Waals surface area contributed by atoms with Gasteiger partial charge in [-0.25, -0.2) is 0 Å². The number of benzene rings is 6. The zero-order chi connectivity index (χ0) is 27.2. The Bertz CT molecular complexity index is 2170. The molecule has 40 heavy (non-hydrogen) atoms. The Hall–Kier alpha value is -5.39. The molecule has 0 fully saturated rings. The highest BCUT2D eigenvalue weighted by molar-refractivity contribution is 6.25. The molecule has 0 amide bonds. The Balaban J connectivity index is 1.52. The molecule has 7 aromatic rings. The summed E-state index contributed by atoms with van der Waals surface area (Å²) in [6.07, 6.45) is 6.08. The first-order valence-corrected chi connectivity index (χ1v) is 13.5. The van der Waals surface area contributed by atoms with E-state index in [9.17, 15) is 5.26 Å². The molecule has 0 aliphatic heterocycles. The van der Waals surface area contributed by atoms with Crippen LogP contribution in [0.5, 0.6) is 0 Å². The van der Waals surface area contributed by atoms with Crippen LogP contribution in [0.1, 0.15) is 23.7 Å². The minimum absolute atomic E-state index is 0.625. The molecule has 0 unspecified atom stereocenters. The van der Waals surface area contributed by atoms with E-state index in [1.807, 2.05) is 31.2 Å². The fraction of sp³-hybridized carbons (Fsp3) is 0.0263. The smallest absolute Gasteiger partial charge is 0.0992 e. The minimum atomic E-state index is 0.625. The molecule has 2 nitrogen and oxygen atoms in total. The number of allylic oxidation sites excluding steroid dienone is 1. The molecular formula is C38H26N2. The first-order chi connectivity index (χ1) is 19.7. The highest BCUT2D eigenvalue weighted by Gasteiger charge is 2.16. The number of aromatic nitrogens is 1. The summed E-state index contributed by atoms with van der Waals surface area (Å²) in [6, 6.07) is 40.8. The first kappa shape index (κ1) is 23.7. The van der Waals surface area contributed by atoms with Crippen molar-refractivity contribution in [3.63, 3.8) is 0 Å². The van der Waals surface area contributed by atoms with Crippen LogP contribution in [0, 0.1) is 11.3 Å². The van der Waals surface area contributed by atoms with E-state index in [1.165, 1.54) is 32.3 Å². The van der Waals surface area contributed by atoms with Crippen LogP contribution in [0.2, 0.25) is 0 Å². The van der Waals surface area contributed by atoms with E-state index >= 15 is 0 Å². The molecule has 2 heteroatoms. The number of nitriles is 1. The van der Waals surface area contributed by atoms with E-state index in [1.54, 1.807) is 0 Å². The Morgan fingerprint density at radius 3 is 1.88 bits per heavy atom. The number of hydrogen-bond donors (Lipinski definition) is 0. The van der Waals surface area contributed by atoms with Crippen molar-refractivity contribution in [3.05, 3.63) is 139 Å². The number of para-hydroxylation sites is 1. The van der Waals surface area contributed by atoms with E-state index in [0.717, 1.165) is 39.0 Å². The van der Waals surface area contributed by atoms with Gasteiger partial charge in [0.15, 0.2) is 0 Å². The summed E-state index contributed by atoms with van der Waals surface area (Å²) < 4.78 is 2.24. The molecule has 0 bridgehead atoms. The van der Waals surface area contributed by atoms with Gasteiger partial charge in [-0.2, -0.15) is 5.26 Å². The largest absolute Gasteiger partial charge is 0.309 e. The van der Waals surface area contributed by atoms with Crippen molar-refractivity contribution in [3.8, 4) is 22.9 Å². The second-order valence-corrected chi connectivity index (χ2v) is 10.1. The number of fused-ring (bicyclic) bond motifs is 7. The molecular weight excluding hydrogens is 484 g/mol. The van der Waals surface area contributed by atoms with E-state index in [0.29, 0.717) is 5.56 Å². The van der Waals surface area contributed by atoms with Crippen molar-refractivity contribution >= 4 is 55.4 Å². The zero-order valence-electron chi connectivity index (χ0n) is 22.2. The lowest BCUT2D eigenvalue weighted by atomic mass is 9.92. The average Bonchev–Trinajstić information content (AvgIpc) is 3.33. The molecule has 0 saturated carbocycles. The summed E-state index contributed by atoms with van der Waals surface area (Å²) in [7, 11) is 0. The molecule has 6 aromatic carbocycles. The maximum Gasteiger partial charge on any atom is 0.0992 e. The summed E-state index contributed by atoms with van der Waals surface area (Å²) in [4.78, 5) is 0. The minimum Gasteiger partial charge on any atom is -0.309 e. The van der Waals surface area contributed by atoms with Gasteiger partial charge in [-0.1, -0.05) is 97.6 Å². The number of nitrogens with zero attached hydrogens (tertiary/aromatic N) is 2. The predicted molar refractivity (Wildman–Crippen MR) is 171 cm³/mol. The topological polar surface area (TPSA) is 28.7 Å². The lowest BCUT2D eigenvalue weighted by Crippen LogP contribution is -1.99. The third-order valence-electron chi connectivity index (χ3n) is 7.86. The van der Waals surface area contributed by atoms with Gasteiger partial charge in [0.1, 0.15) is 0 Å². The fourth-order valence-corrected chi connectivity index (χ4v) is 6.16. The van der Waals surface area contributed by atoms with Gasteiger partial charge in [0.25, 0.3) is 0 Å². The van der Waals surface area contributed by atoms with Crippen LogP contribution in [-0.4, -0.2) is 4.57 Å². The summed E-state index contributed by atoms with van der Waals surface area (Å²) in [5, 5.41) is 18.6. The van der Waals surface area contributed by atoms with Crippen LogP contribution in [0.15, 0.2) is 122 Å². The maximum absolute atomic E-state index is 10.1. The molecule has 0 N–H and O–H groups in total. The van der Waals surface area contributed by atoms with E-state index < -0.39 is 0 Å². The maximum atomic E-state index is 10.1. The molecule has 0 radical (unpaired) electrons. The molecule has 0 aliphatic carbocycles. The summed E-state index contributed by atoms with van der Waals surface area (Å²) in [5.41, 5.74) is 6.90. The van der Waals surface area contributed by atoms with Crippen LogP contribution in [0.4, 0.5) is 0 Å². The van der Waals surface area contributed by atoms with Crippen molar-refractivity contribution in [1.29, 1.82) is 5.26 Å². The quantitative estimate of drug-likeness (QED) is 0.217. The SMILES string of the molecule is C=Cc1c(/C=C\C)n(-c2cc(C#N)cc(-c3ccc4c5ccccc5c5ccccc5c4c3)c2)c2ccccc12. The normalized spacial score (nSPS) is 11.6. The van der Waals surface area contributed by atoms with Gasteiger partial charge >= 0.3 is 0 Å². The number of hydrogen-bond acceptors (Lipinski definition) is 1. The molecule has 0 aliphatic rings. The monoisotopic (exact) mass is 510 g/mol. The molecule has 1 aromatic heterocycles. The van der Waals surface area contributed by atoms with E-state index in [2.05, 4.69) is 120 Å². The zero-order valence-corrected chi connectivity index (χ0v) is 22.2. The van der Waals surface area contributed by atoms with Crippen LogP contribution >= 0.6 is 0 Å². The highest BCUT2D eigenvalue weighted by atomic mass is 15.0. The third kappa shape index (κ3) is 3.56. The second-order valence-electron chi connectivity index (χ2n) is 10.1. The Morgan fingerprint density at radius 1 is 0.650 bits per heavy atom. The van der Waals surface area contributed by atoms with Crippen molar-refractivity contribution in [2.45, 2.75) is 6.92 Å². The van der Waals surface area contributed by atoms with Gasteiger partial charge in [-0.05, 0) is 86.8 Å². The molecule has 0 spiro atoms. The summed E-state index contributed by atoms with van der Waals surface area (Å²) in [5.74, 6) is 0. The first-order valence-electron chi connectivity index (χ1n) is 13.5. The lowest BCUT2D eigenvalue weighted by Gasteiger charge is -2.14. The summed E-state index contributed by atoms with van der Waals surface area (Å²) in [6.45, 7) is 6.13. The predicted octanol–water partition coefficient (Wildman–Crippen LogP) is 10.3. The van der Waals surface area contributed by atoms with Crippen LogP contribution in [0.3, 0.4) is 0 Å². The van der Waals surface area contributed by atoms with Crippen molar-refractivity contribution in [2.24, 2.45) is 0 Å². The van der Waals surface area contributed by atoms with Crippen molar-refractivity contribution in [1.82, 2.24) is 4.57 Å². The summed E-state index contributed by atoms with van der Waals surface area (Å²) >= 11 is 0. The van der Waals surface area contributed by atoms with Gasteiger partial charge in [0.05, 0.1) is 22.8 Å². The van der Waals surface area contributed by atoms with E-state index in [-0.39, 0.29) is 0 Å². The Kier molecular flexibility index (Phi) is 5.58. The lowest BCUT2D eigenvalue weighted by molar-refractivity contribution is 1.10.